The molecule has 1 aromatic carbocycles. The molecule has 1 aliphatic carbocycles. The smallest absolute Gasteiger partial charge is 0.248 e. The molecule has 0 heterocycles. The van der Waals surface area contributed by atoms with E-state index in [1.165, 1.54) is 18.9 Å². The van der Waals surface area contributed by atoms with Crippen molar-refractivity contribution in [1.82, 2.24) is 0 Å². The van der Waals surface area contributed by atoms with E-state index >= 15 is 0 Å². The van der Waals surface area contributed by atoms with Crippen molar-refractivity contribution in [2.24, 2.45) is 11.7 Å². The van der Waals surface area contributed by atoms with Crippen LogP contribution in [0.25, 0.3) is 0 Å². The van der Waals surface area contributed by atoms with Crippen LogP contribution in [-0.4, -0.2) is 11.9 Å². The molecule has 0 bridgehead atoms. The molecule has 3 nitrogen and oxygen atoms in total. The van der Waals surface area contributed by atoms with Crippen LogP contribution in [0, 0.1) is 18.7 Å². The first kappa shape index (κ1) is 13.8. The van der Waals surface area contributed by atoms with Crippen LogP contribution in [0.3, 0.4) is 0 Å². The van der Waals surface area contributed by atoms with Gasteiger partial charge in [0, 0.05) is 22.9 Å². The van der Waals surface area contributed by atoms with Gasteiger partial charge in [0.05, 0.1) is 0 Å². The Labute approximate surface area is 113 Å². The summed E-state index contributed by atoms with van der Waals surface area (Å²) in [6, 6.07) is 3.21. The van der Waals surface area contributed by atoms with Crippen LogP contribution in [0.4, 0.5) is 10.1 Å². The molecule has 0 aliphatic heterocycles. The Morgan fingerprint density at radius 3 is 2.53 bits per heavy atom. The largest absolute Gasteiger partial charge is 0.382 e. The van der Waals surface area contributed by atoms with E-state index in [-0.39, 0.29) is 11.4 Å². The highest BCUT2D eigenvalue weighted by atomic mass is 19.1. The average Bonchev–Trinajstić information content (AvgIpc) is 2.37. The summed E-state index contributed by atoms with van der Waals surface area (Å²) in [5, 5.41) is 3.36. The third kappa shape index (κ3) is 3.25. The summed E-state index contributed by atoms with van der Waals surface area (Å²) in [6.07, 6.45) is 4.55. The van der Waals surface area contributed by atoms with Gasteiger partial charge in [0.2, 0.25) is 5.91 Å². The van der Waals surface area contributed by atoms with Gasteiger partial charge in [-0.25, -0.2) is 4.39 Å². The van der Waals surface area contributed by atoms with Gasteiger partial charge in [-0.05, 0) is 50.7 Å². The molecular formula is C15H21FN2O. The van der Waals surface area contributed by atoms with Crippen LogP contribution in [0.2, 0.25) is 0 Å². The highest BCUT2D eigenvalue weighted by Crippen LogP contribution is 2.28. The Bertz CT molecular complexity index is 479. The van der Waals surface area contributed by atoms with Crippen LogP contribution in [-0.2, 0) is 0 Å². The SMILES string of the molecule is Cc1c(F)cc(C(N)=O)cc1NC1CCC(C)CC1. The molecule has 0 radical (unpaired) electrons. The molecule has 3 N–H and O–H groups in total. The molecule has 104 valence electrons. The number of hydrogen-bond donors (Lipinski definition) is 2. The molecule has 0 spiro atoms. The van der Waals surface area contributed by atoms with E-state index in [0.29, 0.717) is 17.3 Å². The first-order chi connectivity index (χ1) is 8.97. The third-order valence-electron chi connectivity index (χ3n) is 4.00. The number of benzene rings is 1. The Kier molecular flexibility index (Phi) is 4.08. The minimum atomic E-state index is -0.598. The van der Waals surface area contributed by atoms with Crippen molar-refractivity contribution in [3.8, 4) is 0 Å². The molecule has 4 heteroatoms. The second kappa shape index (κ2) is 5.59. The predicted molar refractivity (Wildman–Crippen MR) is 74.7 cm³/mol. The number of nitrogens with two attached hydrogens (primary N) is 1. The Morgan fingerprint density at radius 2 is 1.95 bits per heavy atom. The van der Waals surface area contributed by atoms with Crippen molar-refractivity contribution >= 4 is 11.6 Å². The zero-order chi connectivity index (χ0) is 14.0. The number of rotatable bonds is 3. The summed E-state index contributed by atoms with van der Waals surface area (Å²) in [5.74, 6) is -0.213. The summed E-state index contributed by atoms with van der Waals surface area (Å²) >= 11 is 0. The lowest BCUT2D eigenvalue weighted by Gasteiger charge is -2.28. The number of carbonyl (C=O) groups excluding carboxylic acids is 1. The number of halogens is 1. The highest BCUT2D eigenvalue weighted by molar-refractivity contribution is 5.94. The standard InChI is InChI=1S/C15H21FN2O/c1-9-3-5-12(6-4-9)18-14-8-11(15(17)19)7-13(16)10(14)2/h7-9,12,18H,3-6H2,1-2H3,(H2,17,19). The highest BCUT2D eigenvalue weighted by Gasteiger charge is 2.19. The maximum Gasteiger partial charge on any atom is 0.248 e. The molecule has 0 atom stereocenters. The van der Waals surface area contributed by atoms with E-state index in [9.17, 15) is 9.18 Å². The van der Waals surface area contributed by atoms with Gasteiger partial charge < -0.3 is 11.1 Å². The summed E-state index contributed by atoms with van der Waals surface area (Å²) < 4.78 is 13.8. The Morgan fingerprint density at radius 1 is 1.32 bits per heavy atom. The lowest BCUT2D eigenvalue weighted by Crippen LogP contribution is -2.26. The van der Waals surface area contributed by atoms with Gasteiger partial charge in [0.25, 0.3) is 0 Å². The minimum Gasteiger partial charge on any atom is -0.382 e. The summed E-state index contributed by atoms with van der Waals surface area (Å²) in [4.78, 5) is 11.2. The lowest BCUT2D eigenvalue weighted by atomic mass is 9.87. The second-order valence-electron chi connectivity index (χ2n) is 5.60. The molecule has 19 heavy (non-hydrogen) atoms. The molecule has 0 unspecified atom stereocenters. The van der Waals surface area contributed by atoms with Crippen LogP contribution in [0.15, 0.2) is 12.1 Å². The van der Waals surface area contributed by atoms with Crippen molar-refractivity contribution in [2.75, 3.05) is 5.32 Å². The Balaban J connectivity index is 2.17. The molecule has 0 aromatic heterocycles. The van der Waals surface area contributed by atoms with Crippen molar-refractivity contribution < 1.29 is 9.18 Å². The summed E-state index contributed by atoms with van der Waals surface area (Å²) in [5.41, 5.74) is 6.67. The number of anilines is 1. The van der Waals surface area contributed by atoms with Gasteiger partial charge in [0.15, 0.2) is 0 Å². The van der Waals surface area contributed by atoms with Crippen molar-refractivity contribution in [3.05, 3.63) is 29.1 Å². The molecule has 1 fully saturated rings. The van der Waals surface area contributed by atoms with Crippen molar-refractivity contribution in [3.63, 3.8) is 0 Å². The van der Waals surface area contributed by atoms with Gasteiger partial charge in [-0.3, -0.25) is 4.79 Å². The van der Waals surface area contributed by atoms with E-state index in [4.69, 9.17) is 5.73 Å². The van der Waals surface area contributed by atoms with Gasteiger partial charge >= 0.3 is 0 Å². The number of carbonyl (C=O) groups is 1. The number of amides is 1. The maximum absolute atomic E-state index is 13.8. The molecule has 1 saturated carbocycles. The summed E-state index contributed by atoms with van der Waals surface area (Å²) in [6.45, 7) is 3.97. The van der Waals surface area contributed by atoms with Gasteiger partial charge in [0.1, 0.15) is 5.82 Å². The van der Waals surface area contributed by atoms with E-state index in [2.05, 4.69) is 12.2 Å². The fourth-order valence-electron chi connectivity index (χ4n) is 2.60. The number of nitrogens with one attached hydrogen (secondary N) is 1. The van der Waals surface area contributed by atoms with E-state index < -0.39 is 5.91 Å². The van der Waals surface area contributed by atoms with Crippen LogP contribution in [0.5, 0.6) is 0 Å². The van der Waals surface area contributed by atoms with E-state index in [1.807, 2.05) is 0 Å². The average molecular weight is 264 g/mol. The monoisotopic (exact) mass is 264 g/mol. The molecule has 1 aliphatic rings. The van der Waals surface area contributed by atoms with Crippen LogP contribution in [0.1, 0.15) is 48.5 Å². The molecule has 2 rings (SSSR count). The molecule has 1 amide bonds. The molecule has 0 saturated heterocycles. The van der Waals surface area contributed by atoms with Gasteiger partial charge in [-0.1, -0.05) is 6.92 Å². The van der Waals surface area contributed by atoms with Gasteiger partial charge in [-0.15, -0.1) is 0 Å². The number of hydrogen-bond acceptors (Lipinski definition) is 2. The minimum absolute atomic E-state index is 0.217. The zero-order valence-electron chi connectivity index (χ0n) is 11.5. The molecular weight excluding hydrogens is 243 g/mol. The summed E-state index contributed by atoms with van der Waals surface area (Å²) in [7, 11) is 0. The van der Waals surface area contributed by atoms with E-state index in [0.717, 1.165) is 18.8 Å². The van der Waals surface area contributed by atoms with Crippen molar-refractivity contribution in [1.29, 1.82) is 0 Å². The lowest BCUT2D eigenvalue weighted by molar-refractivity contribution is 0.1000. The number of primary amides is 1. The quantitative estimate of drug-likeness (QED) is 0.880. The van der Waals surface area contributed by atoms with Crippen LogP contribution < -0.4 is 11.1 Å². The first-order valence-electron chi connectivity index (χ1n) is 6.84. The zero-order valence-corrected chi connectivity index (χ0v) is 11.5. The molecule has 1 aromatic rings. The normalized spacial score (nSPS) is 23.1. The van der Waals surface area contributed by atoms with Crippen molar-refractivity contribution in [2.45, 2.75) is 45.6 Å². The van der Waals surface area contributed by atoms with Gasteiger partial charge in [-0.2, -0.15) is 0 Å². The fourth-order valence-corrected chi connectivity index (χ4v) is 2.60. The third-order valence-corrected chi connectivity index (χ3v) is 4.00. The first-order valence-corrected chi connectivity index (χ1v) is 6.84. The second-order valence-corrected chi connectivity index (χ2v) is 5.60. The Hall–Kier alpha value is -1.58. The predicted octanol–water partition coefficient (Wildman–Crippen LogP) is 3.22. The van der Waals surface area contributed by atoms with Crippen LogP contribution >= 0.6 is 0 Å². The maximum atomic E-state index is 13.8. The fraction of sp³-hybridized carbons (Fsp3) is 0.533. The topological polar surface area (TPSA) is 55.1 Å². The van der Waals surface area contributed by atoms with E-state index in [1.54, 1.807) is 13.0 Å².